The van der Waals surface area contributed by atoms with E-state index in [2.05, 4.69) is 15.7 Å². The summed E-state index contributed by atoms with van der Waals surface area (Å²) in [5, 5.41) is 9.96. The van der Waals surface area contributed by atoms with Crippen LogP contribution in [0.5, 0.6) is 0 Å². The molecule has 98 valence electrons. The minimum absolute atomic E-state index is 0.00938. The Morgan fingerprint density at radius 1 is 1.50 bits per heavy atom. The summed E-state index contributed by atoms with van der Waals surface area (Å²) >= 11 is 0. The van der Waals surface area contributed by atoms with Crippen LogP contribution in [0.25, 0.3) is 0 Å². The summed E-state index contributed by atoms with van der Waals surface area (Å²) in [6, 6.07) is 0. The van der Waals surface area contributed by atoms with Gasteiger partial charge in [0, 0.05) is 12.1 Å². The van der Waals surface area contributed by atoms with Gasteiger partial charge in [-0.05, 0) is 25.9 Å². The molecule has 1 fully saturated rings. The predicted molar refractivity (Wildman–Crippen MR) is 65.6 cm³/mol. The third kappa shape index (κ3) is 3.30. The monoisotopic (exact) mass is 251 g/mol. The van der Waals surface area contributed by atoms with Gasteiger partial charge in [0.1, 0.15) is 6.54 Å². The number of rotatable bonds is 4. The number of piperidine rings is 1. The van der Waals surface area contributed by atoms with Gasteiger partial charge in [-0.3, -0.25) is 14.3 Å². The van der Waals surface area contributed by atoms with Crippen LogP contribution >= 0.6 is 0 Å². The Kier molecular flexibility index (Phi) is 3.93. The molecule has 2 rings (SSSR count). The van der Waals surface area contributed by atoms with Gasteiger partial charge in [-0.1, -0.05) is 0 Å². The van der Waals surface area contributed by atoms with Gasteiger partial charge in [-0.2, -0.15) is 5.10 Å². The smallest absolute Gasteiger partial charge is 0.239 e. The van der Waals surface area contributed by atoms with Crippen LogP contribution in [0.3, 0.4) is 0 Å². The van der Waals surface area contributed by atoms with Crippen LogP contribution in [0.2, 0.25) is 0 Å². The highest BCUT2D eigenvalue weighted by atomic mass is 16.2. The molecule has 0 aromatic carbocycles. The molecule has 2 amide bonds. The molecule has 7 nitrogen and oxygen atoms in total. The number of carbonyl (C=O) groups is 2. The van der Waals surface area contributed by atoms with E-state index in [0.29, 0.717) is 5.69 Å². The lowest BCUT2D eigenvalue weighted by molar-refractivity contribution is -0.120. The van der Waals surface area contributed by atoms with E-state index in [9.17, 15) is 9.59 Å². The number of hydrogen-bond donors (Lipinski definition) is 3. The maximum atomic E-state index is 11.9. The lowest BCUT2D eigenvalue weighted by Gasteiger charge is -2.21. The van der Waals surface area contributed by atoms with Crippen LogP contribution in [0.15, 0.2) is 12.4 Å². The highest BCUT2D eigenvalue weighted by Gasteiger charge is 2.21. The third-order valence-electron chi connectivity index (χ3n) is 2.93. The number of amides is 2. The molecule has 0 aliphatic carbocycles. The Hall–Kier alpha value is -1.89. The van der Waals surface area contributed by atoms with Crippen molar-refractivity contribution in [3.8, 4) is 0 Å². The number of primary amides is 1. The summed E-state index contributed by atoms with van der Waals surface area (Å²) in [7, 11) is 0. The average molecular weight is 251 g/mol. The second-order valence-electron chi connectivity index (χ2n) is 4.41. The Morgan fingerprint density at radius 3 is 2.89 bits per heavy atom. The van der Waals surface area contributed by atoms with Gasteiger partial charge in [0.2, 0.25) is 11.8 Å². The molecule has 0 saturated carbocycles. The van der Waals surface area contributed by atoms with Crippen molar-refractivity contribution in [2.75, 3.05) is 18.4 Å². The van der Waals surface area contributed by atoms with E-state index in [1.54, 1.807) is 6.20 Å². The zero-order valence-corrected chi connectivity index (χ0v) is 10.1. The molecule has 1 aliphatic heterocycles. The molecular weight excluding hydrogens is 234 g/mol. The first-order chi connectivity index (χ1) is 8.65. The molecule has 0 unspecified atom stereocenters. The van der Waals surface area contributed by atoms with Crippen molar-refractivity contribution in [1.82, 2.24) is 15.1 Å². The van der Waals surface area contributed by atoms with Crippen molar-refractivity contribution in [3.05, 3.63) is 12.4 Å². The van der Waals surface area contributed by atoms with Gasteiger partial charge < -0.3 is 16.4 Å². The molecule has 7 heteroatoms. The van der Waals surface area contributed by atoms with E-state index in [1.165, 1.54) is 10.9 Å². The first-order valence-electron chi connectivity index (χ1n) is 5.97. The maximum absolute atomic E-state index is 11.9. The average Bonchev–Trinajstić information content (AvgIpc) is 2.76. The van der Waals surface area contributed by atoms with Crippen molar-refractivity contribution in [3.63, 3.8) is 0 Å². The molecule has 1 aromatic rings. The second kappa shape index (κ2) is 5.63. The Labute approximate surface area is 105 Å². The molecular formula is C11H17N5O2. The van der Waals surface area contributed by atoms with Gasteiger partial charge in [-0.15, -0.1) is 0 Å². The first kappa shape index (κ1) is 12.6. The molecule has 0 radical (unpaired) electrons. The van der Waals surface area contributed by atoms with E-state index in [0.717, 1.165) is 25.9 Å². The van der Waals surface area contributed by atoms with Crippen LogP contribution in [0.4, 0.5) is 5.69 Å². The van der Waals surface area contributed by atoms with Crippen molar-refractivity contribution < 1.29 is 9.59 Å². The van der Waals surface area contributed by atoms with Crippen LogP contribution in [0.1, 0.15) is 12.8 Å². The Bertz CT molecular complexity index is 436. The van der Waals surface area contributed by atoms with Gasteiger partial charge in [0.15, 0.2) is 0 Å². The molecule has 0 bridgehead atoms. The SMILES string of the molecule is NC(=O)Cn1cc(NC(=O)C2CCNCC2)cn1. The molecule has 2 heterocycles. The quantitative estimate of drug-likeness (QED) is 0.659. The van der Waals surface area contributed by atoms with Crippen LogP contribution in [0, 0.1) is 5.92 Å². The van der Waals surface area contributed by atoms with E-state index >= 15 is 0 Å². The highest BCUT2D eigenvalue weighted by molar-refractivity contribution is 5.92. The predicted octanol–water partition coefficient (Wildman–Crippen LogP) is -0.694. The maximum Gasteiger partial charge on any atom is 0.239 e. The van der Waals surface area contributed by atoms with Gasteiger partial charge in [0.25, 0.3) is 0 Å². The summed E-state index contributed by atoms with van der Waals surface area (Å²) in [5.41, 5.74) is 5.65. The molecule has 1 aromatic heterocycles. The van der Waals surface area contributed by atoms with Gasteiger partial charge in [-0.25, -0.2) is 0 Å². The van der Waals surface area contributed by atoms with E-state index in [-0.39, 0.29) is 18.4 Å². The molecule has 1 saturated heterocycles. The van der Waals surface area contributed by atoms with Crippen LogP contribution < -0.4 is 16.4 Å². The van der Waals surface area contributed by atoms with Crippen molar-refractivity contribution in [1.29, 1.82) is 0 Å². The number of hydrogen-bond acceptors (Lipinski definition) is 4. The lowest BCUT2D eigenvalue weighted by Crippen LogP contribution is -2.34. The fourth-order valence-electron chi connectivity index (χ4n) is 2.00. The van der Waals surface area contributed by atoms with E-state index in [4.69, 9.17) is 5.73 Å². The largest absolute Gasteiger partial charge is 0.368 e. The number of carbonyl (C=O) groups excluding carboxylic acids is 2. The fourth-order valence-corrected chi connectivity index (χ4v) is 2.00. The molecule has 0 atom stereocenters. The Morgan fingerprint density at radius 2 is 2.22 bits per heavy atom. The van der Waals surface area contributed by atoms with Crippen LogP contribution in [-0.2, 0) is 16.1 Å². The Balaban J connectivity index is 1.90. The van der Waals surface area contributed by atoms with E-state index in [1.807, 2.05) is 0 Å². The van der Waals surface area contributed by atoms with Gasteiger partial charge in [0.05, 0.1) is 11.9 Å². The molecule has 1 aliphatic rings. The molecule has 18 heavy (non-hydrogen) atoms. The summed E-state index contributed by atoms with van der Waals surface area (Å²) < 4.78 is 1.40. The standard InChI is InChI=1S/C11H17N5O2/c12-10(17)7-16-6-9(5-14-16)15-11(18)8-1-3-13-4-2-8/h5-6,8,13H,1-4,7H2,(H2,12,17)(H,15,18). The first-order valence-corrected chi connectivity index (χ1v) is 5.97. The summed E-state index contributed by atoms with van der Waals surface area (Å²) in [6.07, 6.45) is 4.81. The highest BCUT2D eigenvalue weighted by Crippen LogP contribution is 2.15. The minimum atomic E-state index is -0.464. The van der Waals surface area contributed by atoms with Gasteiger partial charge >= 0.3 is 0 Å². The summed E-state index contributed by atoms with van der Waals surface area (Å²) in [5.74, 6) is -0.407. The number of nitrogens with zero attached hydrogens (tertiary/aromatic N) is 2. The number of anilines is 1. The molecule has 4 N–H and O–H groups in total. The summed E-state index contributed by atoms with van der Waals surface area (Å²) in [6.45, 7) is 1.77. The van der Waals surface area contributed by atoms with Crippen molar-refractivity contribution in [2.24, 2.45) is 11.7 Å². The number of aromatic nitrogens is 2. The van der Waals surface area contributed by atoms with Crippen molar-refractivity contribution in [2.45, 2.75) is 19.4 Å². The minimum Gasteiger partial charge on any atom is -0.368 e. The summed E-state index contributed by atoms with van der Waals surface area (Å²) in [4.78, 5) is 22.6. The lowest BCUT2D eigenvalue weighted by atomic mass is 9.97. The second-order valence-corrected chi connectivity index (χ2v) is 4.41. The third-order valence-corrected chi connectivity index (χ3v) is 2.93. The zero-order valence-electron chi connectivity index (χ0n) is 10.1. The number of nitrogens with two attached hydrogens (primary N) is 1. The number of nitrogens with one attached hydrogen (secondary N) is 2. The van der Waals surface area contributed by atoms with Crippen molar-refractivity contribution >= 4 is 17.5 Å². The molecule has 0 spiro atoms. The zero-order chi connectivity index (χ0) is 13.0. The fraction of sp³-hybridized carbons (Fsp3) is 0.545. The van der Waals surface area contributed by atoms with Crippen LogP contribution in [-0.4, -0.2) is 34.7 Å². The topological polar surface area (TPSA) is 102 Å². The normalized spacial score (nSPS) is 16.4. The van der Waals surface area contributed by atoms with E-state index < -0.39 is 5.91 Å².